The van der Waals surface area contributed by atoms with Crippen molar-refractivity contribution in [2.24, 2.45) is 0 Å². The van der Waals surface area contributed by atoms with Crippen LogP contribution >= 0.6 is 0 Å². The molecule has 0 aliphatic carbocycles. The maximum absolute atomic E-state index is 12.8. The molecule has 0 bridgehead atoms. The van der Waals surface area contributed by atoms with E-state index in [1.807, 2.05) is 26.0 Å². The Kier molecular flexibility index (Phi) is 7.34. The molecule has 0 atom stereocenters. The maximum atomic E-state index is 12.8. The highest BCUT2D eigenvalue weighted by Gasteiger charge is 2.22. The fourth-order valence-corrected chi connectivity index (χ4v) is 3.79. The van der Waals surface area contributed by atoms with Crippen LogP contribution in [0.25, 0.3) is 0 Å². The molecule has 0 aliphatic rings. The molecular weight excluding hydrogens is 444 g/mol. The quantitative estimate of drug-likeness (QED) is 0.377. The second-order valence-electron chi connectivity index (χ2n) is 7.23. The van der Waals surface area contributed by atoms with Crippen LogP contribution in [0.3, 0.4) is 0 Å². The SMILES string of the molecule is CCOC(=O)c1ccc(NC(=O)Nc2ccc(C)cc2)cc1OS(=O)(=O)c1ccc(C)cc1. The number of esters is 1. The summed E-state index contributed by atoms with van der Waals surface area (Å²) in [6, 6.07) is 16.8. The molecule has 3 aromatic rings. The molecule has 3 rings (SSSR count). The third kappa shape index (κ3) is 6.33. The van der Waals surface area contributed by atoms with E-state index >= 15 is 0 Å². The van der Waals surface area contributed by atoms with Gasteiger partial charge in [0.15, 0.2) is 5.75 Å². The van der Waals surface area contributed by atoms with Crippen LogP contribution in [-0.4, -0.2) is 27.0 Å². The zero-order valence-corrected chi connectivity index (χ0v) is 19.2. The van der Waals surface area contributed by atoms with E-state index in [0.717, 1.165) is 11.1 Å². The number of rotatable bonds is 7. The van der Waals surface area contributed by atoms with Gasteiger partial charge in [-0.15, -0.1) is 0 Å². The lowest BCUT2D eigenvalue weighted by Crippen LogP contribution is -2.20. The number of carbonyl (C=O) groups excluding carboxylic acids is 2. The fraction of sp³-hybridized carbons (Fsp3) is 0.167. The molecule has 0 aromatic heterocycles. The van der Waals surface area contributed by atoms with Crippen LogP contribution in [0.2, 0.25) is 0 Å². The number of hydrogen-bond acceptors (Lipinski definition) is 6. The highest BCUT2D eigenvalue weighted by Crippen LogP contribution is 2.28. The first-order valence-corrected chi connectivity index (χ1v) is 11.6. The molecule has 0 saturated heterocycles. The number of aryl methyl sites for hydroxylation is 2. The van der Waals surface area contributed by atoms with Gasteiger partial charge in [0.1, 0.15) is 10.5 Å². The van der Waals surface area contributed by atoms with Gasteiger partial charge in [0.25, 0.3) is 0 Å². The Balaban J connectivity index is 1.87. The van der Waals surface area contributed by atoms with Crippen LogP contribution in [0.5, 0.6) is 5.75 Å². The molecule has 0 heterocycles. The summed E-state index contributed by atoms with van der Waals surface area (Å²) in [5, 5.41) is 5.27. The number of anilines is 2. The standard InChI is InChI=1S/C24H24N2O6S/c1-4-31-23(27)21-14-11-19(26-24(28)25-18-9-5-16(2)6-10-18)15-22(21)32-33(29,30)20-12-7-17(3)8-13-20/h5-15H,4H2,1-3H3,(H2,25,26,28). The van der Waals surface area contributed by atoms with E-state index in [1.54, 1.807) is 31.2 Å². The van der Waals surface area contributed by atoms with E-state index in [4.69, 9.17) is 8.92 Å². The average Bonchev–Trinajstić information content (AvgIpc) is 2.75. The first-order valence-electron chi connectivity index (χ1n) is 10.1. The predicted octanol–water partition coefficient (Wildman–Crippen LogP) is 4.89. The number of nitrogens with one attached hydrogen (secondary N) is 2. The fourth-order valence-electron chi connectivity index (χ4n) is 2.85. The van der Waals surface area contributed by atoms with E-state index in [1.165, 1.54) is 30.3 Å². The number of carbonyl (C=O) groups is 2. The topological polar surface area (TPSA) is 111 Å². The molecule has 0 saturated carbocycles. The third-order valence-electron chi connectivity index (χ3n) is 4.55. The second kappa shape index (κ2) is 10.2. The Bertz CT molecular complexity index is 1250. The van der Waals surface area contributed by atoms with Gasteiger partial charge >= 0.3 is 22.1 Å². The Hall–Kier alpha value is -3.85. The first kappa shape index (κ1) is 23.8. The monoisotopic (exact) mass is 468 g/mol. The van der Waals surface area contributed by atoms with Crippen molar-refractivity contribution in [1.82, 2.24) is 0 Å². The summed E-state index contributed by atoms with van der Waals surface area (Å²) in [5.41, 5.74) is 2.65. The minimum atomic E-state index is -4.24. The molecule has 9 heteroatoms. The van der Waals surface area contributed by atoms with Crippen LogP contribution in [-0.2, 0) is 14.9 Å². The molecule has 33 heavy (non-hydrogen) atoms. The van der Waals surface area contributed by atoms with Crippen molar-refractivity contribution in [3.63, 3.8) is 0 Å². The molecule has 0 spiro atoms. The van der Waals surface area contributed by atoms with Gasteiger partial charge in [0, 0.05) is 17.4 Å². The summed E-state index contributed by atoms with van der Waals surface area (Å²) < 4.78 is 35.8. The van der Waals surface area contributed by atoms with Crippen molar-refractivity contribution in [2.45, 2.75) is 25.7 Å². The largest absolute Gasteiger partial charge is 0.462 e. The van der Waals surface area contributed by atoms with Crippen LogP contribution < -0.4 is 14.8 Å². The zero-order valence-electron chi connectivity index (χ0n) is 18.4. The van der Waals surface area contributed by atoms with Crippen LogP contribution in [0.15, 0.2) is 71.6 Å². The summed E-state index contributed by atoms with van der Waals surface area (Å²) >= 11 is 0. The first-order chi connectivity index (χ1) is 15.7. The number of ether oxygens (including phenoxy) is 1. The Morgan fingerprint density at radius 2 is 1.36 bits per heavy atom. The van der Waals surface area contributed by atoms with Gasteiger partial charge in [-0.2, -0.15) is 8.42 Å². The summed E-state index contributed by atoms with van der Waals surface area (Å²) in [5.74, 6) is -1.01. The van der Waals surface area contributed by atoms with Crippen molar-refractivity contribution in [2.75, 3.05) is 17.2 Å². The van der Waals surface area contributed by atoms with E-state index in [-0.39, 0.29) is 28.5 Å². The lowest BCUT2D eigenvalue weighted by molar-refractivity contribution is 0.0524. The zero-order chi connectivity index (χ0) is 24.0. The number of amides is 2. The summed E-state index contributed by atoms with van der Waals surface area (Å²) in [4.78, 5) is 24.6. The molecule has 0 fully saturated rings. The molecule has 0 radical (unpaired) electrons. The highest BCUT2D eigenvalue weighted by molar-refractivity contribution is 7.87. The number of urea groups is 1. The Morgan fingerprint density at radius 3 is 1.97 bits per heavy atom. The molecule has 0 aliphatic heterocycles. The van der Waals surface area contributed by atoms with Gasteiger partial charge < -0.3 is 19.6 Å². The van der Waals surface area contributed by atoms with Gasteiger partial charge in [-0.05, 0) is 57.2 Å². The van der Waals surface area contributed by atoms with E-state index < -0.39 is 22.1 Å². The molecule has 172 valence electrons. The minimum Gasteiger partial charge on any atom is -0.462 e. The summed E-state index contributed by atoms with van der Waals surface area (Å²) in [6.45, 7) is 5.49. The van der Waals surface area contributed by atoms with Gasteiger partial charge in [-0.1, -0.05) is 35.4 Å². The van der Waals surface area contributed by atoms with E-state index in [0.29, 0.717) is 5.69 Å². The van der Waals surface area contributed by atoms with Crippen LogP contribution in [0, 0.1) is 13.8 Å². The lowest BCUT2D eigenvalue weighted by Gasteiger charge is -2.14. The molecule has 3 aromatic carbocycles. The summed E-state index contributed by atoms with van der Waals surface area (Å²) in [7, 11) is -4.24. The summed E-state index contributed by atoms with van der Waals surface area (Å²) in [6.07, 6.45) is 0. The van der Waals surface area contributed by atoms with Crippen molar-refractivity contribution in [3.05, 3.63) is 83.4 Å². The third-order valence-corrected chi connectivity index (χ3v) is 5.80. The Morgan fingerprint density at radius 1 is 0.818 bits per heavy atom. The minimum absolute atomic E-state index is 0.0709. The maximum Gasteiger partial charge on any atom is 0.341 e. The molecule has 2 N–H and O–H groups in total. The lowest BCUT2D eigenvalue weighted by atomic mass is 10.2. The molecule has 8 nitrogen and oxygen atoms in total. The average molecular weight is 469 g/mol. The van der Waals surface area contributed by atoms with Gasteiger partial charge in [0.05, 0.1) is 6.61 Å². The van der Waals surface area contributed by atoms with E-state index in [9.17, 15) is 18.0 Å². The predicted molar refractivity (Wildman–Crippen MR) is 125 cm³/mol. The van der Waals surface area contributed by atoms with Crippen LogP contribution in [0.4, 0.5) is 16.2 Å². The van der Waals surface area contributed by atoms with E-state index in [2.05, 4.69) is 10.6 Å². The number of benzene rings is 3. The van der Waals surface area contributed by atoms with Gasteiger partial charge in [-0.3, -0.25) is 0 Å². The van der Waals surface area contributed by atoms with Crippen molar-refractivity contribution < 1.29 is 26.9 Å². The van der Waals surface area contributed by atoms with Gasteiger partial charge in [0.2, 0.25) is 0 Å². The molecular formula is C24H24N2O6S. The second-order valence-corrected chi connectivity index (χ2v) is 8.77. The smallest absolute Gasteiger partial charge is 0.341 e. The number of hydrogen-bond donors (Lipinski definition) is 2. The Labute approximate surface area is 192 Å². The highest BCUT2D eigenvalue weighted by atomic mass is 32.2. The van der Waals surface area contributed by atoms with Crippen LogP contribution in [0.1, 0.15) is 28.4 Å². The van der Waals surface area contributed by atoms with Crippen molar-refractivity contribution in [3.8, 4) is 5.75 Å². The van der Waals surface area contributed by atoms with Crippen molar-refractivity contribution >= 4 is 33.5 Å². The van der Waals surface area contributed by atoms with Gasteiger partial charge in [-0.25, -0.2) is 9.59 Å². The molecule has 0 unspecified atom stereocenters. The van der Waals surface area contributed by atoms with Crippen molar-refractivity contribution in [1.29, 1.82) is 0 Å². The normalized spacial score (nSPS) is 10.9. The molecule has 2 amide bonds.